The first kappa shape index (κ1) is 25.7. The summed E-state index contributed by atoms with van der Waals surface area (Å²) in [5, 5.41) is 5.17. The molecule has 0 aromatic heterocycles. The van der Waals surface area contributed by atoms with Gasteiger partial charge in [0.15, 0.2) is 0 Å². The zero-order valence-electron chi connectivity index (χ0n) is 18.3. The minimum absolute atomic E-state index is 0.0617. The van der Waals surface area contributed by atoms with Crippen LogP contribution in [0.15, 0.2) is 30.3 Å². The maximum atomic E-state index is 12.1. The minimum Gasteiger partial charge on any atom is -0.445 e. The number of benzene rings is 1. The Bertz CT molecular complexity index is 731. The lowest BCUT2D eigenvalue weighted by atomic mass is 10.1. The molecule has 10 heteroatoms. The van der Waals surface area contributed by atoms with Crippen molar-refractivity contribution >= 4 is 24.3 Å². The van der Waals surface area contributed by atoms with Crippen molar-refractivity contribution < 1.29 is 38.1 Å². The molecule has 1 atom stereocenters. The quantitative estimate of drug-likeness (QED) is 0.260. The number of carbonyl (C=O) groups is 4. The molecule has 0 radical (unpaired) electrons. The van der Waals surface area contributed by atoms with E-state index < -0.39 is 36.0 Å². The number of alkyl carbamates (subject to hydrolysis) is 2. The number of carbonyl (C=O) groups excluding carboxylic acids is 4. The molecule has 1 aromatic rings. The zero-order valence-corrected chi connectivity index (χ0v) is 18.3. The summed E-state index contributed by atoms with van der Waals surface area (Å²) < 4.78 is 19.0. The number of ether oxygens (including phenoxy) is 4. The third kappa shape index (κ3) is 12.8. The first-order valence-electron chi connectivity index (χ1n) is 9.81. The summed E-state index contributed by atoms with van der Waals surface area (Å²) in [7, 11) is 1.08. The standard InChI is InChI=1S/C21H30N2O8/c1-21(2,3)31-18(25)22-12-8-11-16(13-17(24)30-20(27)28-4)23-19(26)29-14-15-9-6-5-7-10-15/h5-7,9-10,16H,8,11-14H2,1-4H3,(H,22,25)(H,23,26)/t16-/m0/s1. The maximum absolute atomic E-state index is 12.1. The van der Waals surface area contributed by atoms with Gasteiger partial charge in [-0.2, -0.15) is 0 Å². The van der Waals surface area contributed by atoms with E-state index in [2.05, 4.69) is 20.1 Å². The number of esters is 1. The average Bonchev–Trinajstić information content (AvgIpc) is 2.68. The molecule has 1 rings (SSSR count). The first-order valence-corrected chi connectivity index (χ1v) is 9.81. The lowest BCUT2D eigenvalue weighted by molar-refractivity contribution is -0.140. The molecule has 0 saturated heterocycles. The number of nitrogens with one attached hydrogen (secondary N) is 2. The third-order valence-corrected chi connectivity index (χ3v) is 3.71. The van der Waals surface area contributed by atoms with Crippen LogP contribution in [-0.2, 0) is 30.3 Å². The summed E-state index contributed by atoms with van der Waals surface area (Å²) in [5.41, 5.74) is 0.190. The largest absolute Gasteiger partial charge is 0.515 e. The van der Waals surface area contributed by atoms with Gasteiger partial charge in [-0.25, -0.2) is 14.4 Å². The van der Waals surface area contributed by atoms with Gasteiger partial charge >= 0.3 is 24.3 Å². The van der Waals surface area contributed by atoms with Crippen molar-refractivity contribution in [2.45, 2.75) is 58.3 Å². The van der Waals surface area contributed by atoms with Crippen molar-refractivity contribution in [3.63, 3.8) is 0 Å². The molecule has 0 aliphatic heterocycles. The molecule has 0 bridgehead atoms. The second kappa shape index (κ2) is 13.1. The van der Waals surface area contributed by atoms with E-state index in [1.165, 1.54) is 0 Å². The average molecular weight is 438 g/mol. The number of methoxy groups -OCH3 is 1. The van der Waals surface area contributed by atoms with Crippen LogP contribution in [0.4, 0.5) is 14.4 Å². The number of rotatable bonds is 9. The van der Waals surface area contributed by atoms with Crippen LogP contribution in [0.2, 0.25) is 0 Å². The predicted molar refractivity (Wildman–Crippen MR) is 110 cm³/mol. The normalized spacial score (nSPS) is 11.6. The molecule has 0 aliphatic rings. The smallest absolute Gasteiger partial charge is 0.445 e. The maximum Gasteiger partial charge on any atom is 0.515 e. The summed E-state index contributed by atoms with van der Waals surface area (Å²) >= 11 is 0. The molecule has 0 saturated carbocycles. The van der Waals surface area contributed by atoms with Gasteiger partial charge in [0.2, 0.25) is 0 Å². The molecule has 1 aromatic carbocycles. The molecule has 2 amide bonds. The molecule has 172 valence electrons. The highest BCUT2D eigenvalue weighted by molar-refractivity contribution is 5.82. The second-order valence-electron chi connectivity index (χ2n) is 7.61. The lowest BCUT2D eigenvalue weighted by Gasteiger charge is -2.20. The van der Waals surface area contributed by atoms with Crippen LogP contribution in [0.25, 0.3) is 0 Å². The van der Waals surface area contributed by atoms with Gasteiger partial charge in [0, 0.05) is 12.6 Å². The van der Waals surface area contributed by atoms with Gasteiger partial charge in [-0.1, -0.05) is 30.3 Å². The van der Waals surface area contributed by atoms with Gasteiger partial charge in [0.05, 0.1) is 13.5 Å². The molecule has 0 spiro atoms. The summed E-state index contributed by atoms with van der Waals surface area (Å²) in [5.74, 6) is -0.861. The molecule has 2 N–H and O–H groups in total. The van der Waals surface area contributed by atoms with E-state index >= 15 is 0 Å². The Kier molecular flexibility index (Phi) is 10.9. The van der Waals surface area contributed by atoms with Crippen LogP contribution in [0.5, 0.6) is 0 Å². The van der Waals surface area contributed by atoms with Crippen molar-refractivity contribution in [3.05, 3.63) is 35.9 Å². The van der Waals surface area contributed by atoms with E-state index in [1.54, 1.807) is 32.9 Å². The van der Waals surface area contributed by atoms with E-state index in [9.17, 15) is 19.2 Å². The Hall–Kier alpha value is -3.30. The minimum atomic E-state index is -1.14. The molecule has 0 heterocycles. The van der Waals surface area contributed by atoms with E-state index in [0.717, 1.165) is 12.7 Å². The van der Waals surface area contributed by atoms with Gasteiger partial charge in [-0.15, -0.1) is 0 Å². The van der Waals surface area contributed by atoms with Crippen molar-refractivity contribution in [1.82, 2.24) is 10.6 Å². The highest BCUT2D eigenvalue weighted by Gasteiger charge is 2.21. The number of hydrogen-bond donors (Lipinski definition) is 2. The van der Waals surface area contributed by atoms with Gasteiger partial charge in [0.25, 0.3) is 0 Å². The highest BCUT2D eigenvalue weighted by atomic mass is 16.7. The van der Waals surface area contributed by atoms with E-state index in [4.69, 9.17) is 9.47 Å². The number of hydrogen-bond acceptors (Lipinski definition) is 8. The molecular weight excluding hydrogens is 408 g/mol. The van der Waals surface area contributed by atoms with E-state index in [-0.39, 0.29) is 19.6 Å². The van der Waals surface area contributed by atoms with Crippen molar-refractivity contribution in [3.8, 4) is 0 Å². The van der Waals surface area contributed by atoms with Gasteiger partial charge < -0.3 is 29.6 Å². The molecule has 10 nitrogen and oxygen atoms in total. The topological polar surface area (TPSA) is 129 Å². The van der Waals surface area contributed by atoms with Crippen LogP contribution in [-0.4, -0.2) is 49.6 Å². The van der Waals surface area contributed by atoms with E-state index in [1.807, 2.05) is 18.2 Å². The van der Waals surface area contributed by atoms with Crippen molar-refractivity contribution in [2.24, 2.45) is 0 Å². The summed E-state index contributed by atoms with van der Waals surface area (Å²) in [4.78, 5) is 46.8. The Labute approximate surface area is 181 Å². The van der Waals surface area contributed by atoms with Crippen LogP contribution < -0.4 is 10.6 Å². The van der Waals surface area contributed by atoms with Gasteiger partial charge in [-0.3, -0.25) is 4.79 Å². The fourth-order valence-corrected chi connectivity index (χ4v) is 2.39. The van der Waals surface area contributed by atoms with Crippen molar-refractivity contribution in [2.75, 3.05) is 13.7 Å². The monoisotopic (exact) mass is 438 g/mol. The zero-order chi connectivity index (χ0) is 23.3. The molecular formula is C21H30N2O8. The van der Waals surface area contributed by atoms with Crippen LogP contribution in [0.1, 0.15) is 45.6 Å². The van der Waals surface area contributed by atoms with E-state index in [0.29, 0.717) is 12.8 Å². The van der Waals surface area contributed by atoms with Crippen LogP contribution in [0, 0.1) is 0 Å². The Morgan fingerprint density at radius 1 is 1.03 bits per heavy atom. The molecule has 0 aliphatic carbocycles. The molecule has 0 unspecified atom stereocenters. The highest BCUT2D eigenvalue weighted by Crippen LogP contribution is 2.08. The summed E-state index contributed by atoms with van der Waals surface area (Å²) in [6.07, 6.45) is -1.96. The number of amides is 2. The Morgan fingerprint density at radius 3 is 2.32 bits per heavy atom. The predicted octanol–water partition coefficient (Wildman–Crippen LogP) is 3.29. The van der Waals surface area contributed by atoms with Gasteiger partial charge in [-0.05, 0) is 39.2 Å². The fraction of sp³-hybridized carbons (Fsp3) is 0.524. The Balaban J connectivity index is 2.53. The van der Waals surface area contributed by atoms with Gasteiger partial charge in [0.1, 0.15) is 12.2 Å². The fourth-order valence-electron chi connectivity index (χ4n) is 2.39. The SMILES string of the molecule is COC(=O)OC(=O)C[C@H](CCCNC(=O)OC(C)(C)C)NC(=O)OCc1ccccc1. The Morgan fingerprint density at radius 2 is 1.71 bits per heavy atom. The summed E-state index contributed by atoms with van der Waals surface area (Å²) in [6, 6.07) is 8.42. The first-order chi connectivity index (χ1) is 14.6. The molecule has 0 fully saturated rings. The molecule has 31 heavy (non-hydrogen) atoms. The lowest BCUT2D eigenvalue weighted by Crippen LogP contribution is -2.38. The van der Waals surface area contributed by atoms with Crippen LogP contribution >= 0.6 is 0 Å². The van der Waals surface area contributed by atoms with Crippen molar-refractivity contribution in [1.29, 1.82) is 0 Å². The third-order valence-electron chi connectivity index (χ3n) is 3.71. The summed E-state index contributed by atoms with van der Waals surface area (Å²) in [6.45, 7) is 5.58. The van der Waals surface area contributed by atoms with Crippen LogP contribution in [0.3, 0.4) is 0 Å². The second-order valence-corrected chi connectivity index (χ2v) is 7.61.